The van der Waals surface area contributed by atoms with Gasteiger partial charge in [0.2, 0.25) is 0 Å². The first-order valence-corrected chi connectivity index (χ1v) is 8.49. The van der Waals surface area contributed by atoms with Gasteiger partial charge in [-0.25, -0.2) is 4.79 Å². The van der Waals surface area contributed by atoms with Crippen molar-refractivity contribution >= 4 is 11.9 Å². The average Bonchev–Trinajstić information content (AvgIpc) is 3.01. The highest BCUT2D eigenvalue weighted by Gasteiger charge is 2.27. The Hall–Kier alpha value is -2.08. The van der Waals surface area contributed by atoms with Crippen molar-refractivity contribution < 1.29 is 14.3 Å². The molecular weight excluding hydrogens is 306 g/mol. The molecule has 1 atom stereocenters. The molecule has 0 saturated carbocycles. The molecular formula is C18H27N3O3. The highest BCUT2D eigenvalue weighted by molar-refractivity contribution is 5.94. The fourth-order valence-corrected chi connectivity index (χ4v) is 2.66. The standard InChI is InChI=1S/C18H27N3O3/c1-13(2)8-10-24-16-7-9-21(12-16)17(22)15-5-3-14(4-6-15)11-20-18(19)23/h3-6,13,16H,7-12H2,1-2H3,(H3,19,20,23). The van der Waals surface area contributed by atoms with Crippen molar-refractivity contribution in [3.63, 3.8) is 0 Å². The predicted octanol–water partition coefficient (Wildman–Crippen LogP) is 2.13. The summed E-state index contributed by atoms with van der Waals surface area (Å²) < 4.78 is 5.86. The summed E-state index contributed by atoms with van der Waals surface area (Å²) in [4.78, 5) is 25.1. The van der Waals surface area contributed by atoms with Crippen LogP contribution in [0.4, 0.5) is 4.79 Å². The molecule has 0 bridgehead atoms. The zero-order valence-electron chi connectivity index (χ0n) is 14.5. The monoisotopic (exact) mass is 333 g/mol. The van der Waals surface area contributed by atoms with Crippen LogP contribution in [0.25, 0.3) is 0 Å². The van der Waals surface area contributed by atoms with Gasteiger partial charge in [0, 0.05) is 31.8 Å². The van der Waals surface area contributed by atoms with Crippen molar-refractivity contribution in [3.05, 3.63) is 35.4 Å². The number of nitrogens with zero attached hydrogens (tertiary/aromatic N) is 1. The Labute approximate surface area is 143 Å². The maximum Gasteiger partial charge on any atom is 0.312 e. The summed E-state index contributed by atoms with van der Waals surface area (Å²) in [5.74, 6) is 0.658. The normalized spacial score (nSPS) is 17.3. The molecule has 3 N–H and O–H groups in total. The fraction of sp³-hybridized carbons (Fsp3) is 0.556. The molecule has 0 aromatic heterocycles. The van der Waals surface area contributed by atoms with E-state index in [9.17, 15) is 9.59 Å². The van der Waals surface area contributed by atoms with Crippen LogP contribution in [0, 0.1) is 5.92 Å². The number of carbonyl (C=O) groups is 2. The third-order valence-electron chi connectivity index (χ3n) is 4.15. The van der Waals surface area contributed by atoms with Crippen LogP contribution in [-0.4, -0.2) is 42.6 Å². The lowest BCUT2D eigenvalue weighted by Gasteiger charge is -2.17. The Balaban J connectivity index is 1.82. The summed E-state index contributed by atoms with van der Waals surface area (Å²) in [5.41, 5.74) is 6.60. The molecule has 0 spiro atoms. The number of rotatable bonds is 7. The number of carbonyl (C=O) groups excluding carboxylic acids is 2. The van der Waals surface area contributed by atoms with Gasteiger partial charge < -0.3 is 20.7 Å². The summed E-state index contributed by atoms with van der Waals surface area (Å²) >= 11 is 0. The largest absolute Gasteiger partial charge is 0.376 e. The lowest BCUT2D eigenvalue weighted by atomic mass is 10.1. The van der Waals surface area contributed by atoms with E-state index in [4.69, 9.17) is 10.5 Å². The van der Waals surface area contributed by atoms with Crippen LogP contribution >= 0.6 is 0 Å². The van der Waals surface area contributed by atoms with E-state index in [1.165, 1.54) is 0 Å². The van der Waals surface area contributed by atoms with Gasteiger partial charge in [-0.3, -0.25) is 4.79 Å². The Kier molecular flexibility index (Phi) is 6.61. The maximum atomic E-state index is 12.5. The van der Waals surface area contributed by atoms with Crippen LogP contribution in [0.3, 0.4) is 0 Å². The van der Waals surface area contributed by atoms with Gasteiger partial charge in [-0.05, 0) is 36.5 Å². The van der Waals surface area contributed by atoms with Crippen molar-refractivity contribution in [2.45, 2.75) is 39.3 Å². The number of hydrogen-bond donors (Lipinski definition) is 2. The van der Waals surface area contributed by atoms with E-state index in [1.54, 1.807) is 12.1 Å². The van der Waals surface area contributed by atoms with E-state index < -0.39 is 6.03 Å². The molecule has 1 aromatic carbocycles. The van der Waals surface area contributed by atoms with E-state index in [0.29, 0.717) is 24.6 Å². The molecule has 6 heteroatoms. The van der Waals surface area contributed by atoms with Gasteiger partial charge in [0.25, 0.3) is 5.91 Å². The summed E-state index contributed by atoms with van der Waals surface area (Å²) in [7, 11) is 0. The number of ether oxygens (including phenoxy) is 1. The Morgan fingerprint density at radius 2 is 2.04 bits per heavy atom. The number of nitrogens with one attached hydrogen (secondary N) is 1. The van der Waals surface area contributed by atoms with Gasteiger partial charge in [0.05, 0.1) is 6.10 Å². The second kappa shape index (κ2) is 8.68. The summed E-state index contributed by atoms with van der Waals surface area (Å²) in [6.45, 7) is 6.86. The van der Waals surface area contributed by atoms with Crippen molar-refractivity contribution in [2.75, 3.05) is 19.7 Å². The number of likely N-dealkylation sites (tertiary alicyclic amines) is 1. The number of hydrogen-bond acceptors (Lipinski definition) is 3. The molecule has 3 amide bonds. The number of nitrogens with two attached hydrogens (primary N) is 1. The lowest BCUT2D eigenvalue weighted by molar-refractivity contribution is 0.0484. The SMILES string of the molecule is CC(C)CCOC1CCN(C(=O)c2ccc(CNC(N)=O)cc2)C1. The summed E-state index contributed by atoms with van der Waals surface area (Å²) in [6, 6.07) is 6.67. The summed E-state index contributed by atoms with van der Waals surface area (Å²) in [6.07, 6.45) is 2.09. The van der Waals surface area contributed by atoms with Gasteiger partial charge in [-0.1, -0.05) is 26.0 Å². The van der Waals surface area contributed by atoms with Gasteiger partial charge in [0.15, 0.2) is 0 Å². The molecule has 1 heterocycles. The predicted molar refractivity (Wildman–Crippen MR) is 92.6 cm³/mol. The van der Waals surface area contributed by atoms with Crippen molar-refractivity contribution in [1.82, 2.24) is 10.2 Å². The maximum absolute atomic E-state index is 12.5. The molecule has 1 fully saturated rings. The summed E-state index contributed by atoms with van der Waals surface area (Å²) in [5, 5.41) is 2.53. The van der Waals surface area contributed by atoms with Crippen LogP contribution in [0.5, 0.6) is 0 Å². The number of urea groups is 1. The lowest BCUT2D eigenvalue weighted by Crippen LogP contribution is -2.30. The molecule has 0 aliphatic carbocycles. The second-order valence-corrected chi connectivity index (χ2v) is 6.63. The van der Waals surface area contributed by atoms with Crippen LogP contribution < -0.4 is 11.1 Å². The second-order valence-electron chi connectivity index (χ2n) is 6.63. The molecule has 132 valence electrons. The minimum atomic E-state index is -0.560. The van der Waals surface area contributed by atoms with Gasteiger partial charge >= 0.3 is 6.03 Å². The molecule has 1 saturated heterocycles. The zero-order chi connectivity index (χ0) is 17.5. The van der Waals surface area contributed by atoms with E-state index in [2.05, 4.69) is 19.2 Å². The van der Waals surface area contributed by atoms with E-state index >= 15 is 0 Å². The highest BCUT2D eigenvalue weighted by Crippen LogP contribution is 2.17. The molecule has 1 aliphatic heterocycles. The number of amides is 3. The third kappa shape index (κ3) is 5.53. The van der Waals surface area contributed by atoms with Crippen molar-refractivity contribution in [2.24, 2.45) is 11.7 Å². The first-order valence-electron chi connectivity index (χ1n) is 8.49. The first-order chi connectivity index (χ1) is 11.5. The van der Waals surface area contributed by atoms with Gasteiger partial charge in [-0.15, -0.1) is 0 Å². The first kappa shape index (κ1) is 18.3. The minimum Gasteiger partial charge on any atom is -0.376 e. The number of benzene rings is 1. The molecule has 2 rings (SSSR count). The van der Waals surface area contributed by atoms with Gasteiger partial charge in [0.1, 0.15) is 0 Å². The van der Waals surface area contributed by atoms with Crippen LogP contribution in [0.1, 0.15) is 42.6 Å². The molecule has 6 nitrogen and oxygen atoms in total. The van der Waals surface area contributed by atoms with E-state index in [0.717, 1.165) is 31.6 Å². The molecule has 24 heavy (non-hydrogen) atoms. The molecule has 1 aliphatic rings. The Morgan fingerprint density at radius 3 is 2.67 bits per heavy atom. The molecule has 1 aromatic rings. The minimum absolute atomic E-state index is 0.0272. The average molecular weight is 333 g/mol. The van der Waals surface area contributed by atoms with E-state index in [1.807, 2.05) is 17.0 Å². The smallest absolute Gasteiger partial charge is 0.312 e. The van der Waals surface area contributed by atoms with Crippen LogP contribution in [0.15, 0.2) is 24.3 Å². The fourth-order valence-electron chi connectivity index (χ4n) is 2.66. The highest BCUT2D eigenvalue weighted by atomic mass is 16.5. The van der Waals surface area contributed by atoms with Gasteiger partial charge in [-0.2, -0.15) is 0 Å². The van der Waals surface area contributed by atoms with Crippen molar-refractivity contribution in [3.8, 4) is 0 Å². The topological polar surface area (TPSA) is 84.7 Å². The number of primary amides is 1. The van der Waals surface area contributed by atoms with Crippen molar-refractivity contribution in [1.29, 1.82) is 0 Å². The van der Waals surface area contributed by atoms with E-state index in [-0.39, 0.29) is 12.0 Å². The van der Waals surface area contributed by atoms with Crippen LogP contribution in [0.2, 0.25) is 0 Å². The molecule has 1 unspecified atom stereocenters. The Bertz CT molecular complexity index is 557. The Morgan fingerprint density at radius 1 is 1.33 bits per heavy atom. The quantitative estimate of drug-likeness (QED) is 0.801. The molecule has 0 radical (unpaired) electrons. The van der Waals surface area contributed by atoms with Crippen LogP contribution in [-0.2, 0) is 11.3 Å². The third-order valence-corrected chi connectivity index (χ3v) is 4.15. The zero-order valence-corrected chi connectivity index (χ0v) is 14.5.